The van der Waals surface area contributed by atoms with Crippen molar-refractivity contribution in [3.8, 4) is 5.75 Å². The highest BCUT2D eigenvalue weighted by molar-refractivity contribution is 6.03. The molecule has 4 rings (SSSR count). The summed E-state index contributed by atoms with van der Waals surface area (Å²) in [5, 5.41) is 17.1. The van der Waals surface area contributed by atoms with Gasteiger partial charge < -0.3 is 19.0 Å². The zero-order valence-electron chi connectivity index (χ0n) is 19.0. The Morgan fingerprint density at radius 1 is 1.29 bits per heavy atom. The van der Waals surface area contributed by atoms with Crippen molar-refractivity contribution in [1.29, 1.82) is 0 Å². The molecule has 0 bridgehead atoms. The highest BCUT2D eigenvalue weighted by Crippen LogP contribution is 2.24. The molecule has 3 amide bonds. The van der Waals surface area contributed by atoms with Crippen molar-refractivity contribution in [2.45, 2.75) is 18.6 Å². The molecule has 1 aromatic heterocycles. The largest absolute Gasteiger partial charge is 0.497 e. The van der Waals surface area contributed by atoms with E-state index in [0.29, 0.717) is 24.7 Å². The summed E-state index contributed by atoms with van der Waals surface area (Å²) >= 11 is 0. The number of hydrogen-bond donors (Lipinski definition) is 2. The zero-order chi connectivity index (χ0) is 24.9. The number of furan rings is 1. The Morgan fingerprint density at radius 2 is 2.06 bits per heavy atom. The maximum Gasteiger partial charge on any atom is 0.433 e. The molecule has 0 aliphatic carbocycles. The molecule has 3 heterocycles. The molecule has 2 aliphatic heterocycles. The molecule has 2 unspecified atom stereocenters. The molecule has 2 atom stereocenters. The van der Waals surface area contributed by atoms with Crippen molar-refractivity contribution in [2.24, 2.45) is 10.1 Å². The van der Waals surface area contributed by atoms with Gasteiger partial charge in [0.05, 0.1) is 13.2 Å². The Bertz CT molecular complexity index is 1200. The van der Waals surface area contributed by atoms with Gasteiger partial charge in [-0.25, -0.2) is 15.2 Å². The molecule has 1 aromatic carbocycles. The summed E-state index contributed by atoms with van der Waals surface area (Å²) in [7, 11) is 3.17. The van der Waals surface area contributed by atoms with Crippen LogP contribution in [0.25, 0.3) is 6.08 Å². The number of ether oxygens (including phenoxy) is 1. The van der Waals surface area contributed by atoms with Gasteiger partial charge in [-0.15, -0.1) is 0 Å². The number of hydrogen-bond acceptors (Lipinski definition) is 10. The first-order valence-corrected chi connectivity index (χ1v) is 10.6. The molecule has 13 heteroatoms. The molecular weight excluding hydrogens is 458 g/mol. The summed E-state index contributed by atoms with van der Waals surface area (Å²) in [4.78, 5) is 42.4. The molecule has 182 valence electrons. The first-order chi connectivity index (χ1) is 16.9. The number of rotatable bonds is 8. The molecule has 2 aromatic rings. The van der Waals surface area contributed by atoms with Gasteiger partial charge in [-0.2, -0.15) is 5.10 Å². The van der Waals surface area contributed by atoms with Gasteiger partial charge in [0.1, 0.15) is 16.4 Å². The van der Waals surface area contributed by atoms with Crippen LogP contribution in [0.15, 0.2) is 57.0 Å². The Labute approximate surface area is 199 Å². The number of amides is 3. The van der Waals surface area contributed by atoms with Crippen LogP contribution in [0.4, 0.5) is 10.7 Å². The Morgan fingerprint density at radius 3 is 2.74 bits per heavy atom. The molecule has 1 fully saturated rings. The van der Waals surface area contributed by atoms with Gasteiger partial charge >= 0.3 is 11.9 Å². The molecule has 35 heavy (non-hydrogen) atoms. The number of guanidine groups is 1. The normalized spacial score (nSPS) is 19.8. The minimum absolute atomic E-state index is 0.297. The van der Waals surface area contributed by atoms with E-state index < -0.39 is 29.1 Å². The van der Waals surface area contributed by atoms with Gasteiger partial charge in [0, 0.05) is 19.8 Å². The summed E-state index contributed by atoms with van der Waals surface area (Å²) in [6, 6.07) is 9.10. The predicted octanol–water partition coefficient (Wildman–Crippen LogP) is 1.58. The highest BCUT2D eigenvalue weighted by atomic mass is 16.6. The van der Waals surface area contributed by atoms with Crippen molar-refractivity contribution in [1.82, 2.24) is 20.5 Å². The van der Waals surface area contributed by atoms with Crippen LogP contribution in [0.3, 0.4) is 0 Å². The van der Waals surface area contributed by atoms with Gasteiger partial charge in [-0.1, -0.05) is 12.1 Å². The fraction of sp³-hybridized carbons (Fsp3) is 0.273. The lowest BCUT2D eigenvalue weighted by molar-refractivity contribution is -0.402. The van der Waals surface area contributed by atoms with E-state index in [4.69, 9.17) is 9.15 Å². The van der Waals surface area contributed by atoms with Crippen LogP contribution in [0, 0.1) is 10.1 Å². The number of allylic oxidation sites excluding steroid dienone is 1. The van der Waals surface area contributed by atoms with Crippen molar-refractivity contribution < 1.29 is 23.7 Å². The van der Waals surface area contributed by atoms with Crippen molar-refractivity contribution in [2.75, 3.05) is 20.7 Å². The maximum absolute atomic E-state index is 12.6. The monoisotopic (exact) mass is 481 g/mol. The SMILES string of the molecule is COc1ccc(CCN2C(N/N=C/C=C/c3ccc([N+](=O)[O-])o3)=NC3C2C(=O)NC(=O)N3C)cc1. The van der Waals surface area contributed by atoms with E-state index in [1.165, 1.54) is 35.4 Å². The van der Waals surface area contributed by atoms with Crippen LogP contribution in [-0.4, -0.2) is 71.7 Å². The van der Waals surface area contributed by atoms with Gasteiger partial charge in [-0.3, -0.25) is 20.2 Å². The number of carbonyl (C=O) groups is 2. The van der Waals surface area contributed by atoms with Crippen LogP contribution < -0.4 is 15.5 Å². The minimum atomic E-state index is -0.701. The number of carbonyl (C=O) groups excluding carboxylic acids is 2. The van der Waals surface area contributed by atoms with Crippen molar-refractivity contribution >= 4 is 36.1 Å². The van der Waals surface area contributed by atoms with Crippen LogP contribution in [0.5, 0.6) is 5.75 Å². The summed E-state index contributed by atoms with van der Waals surface area (Å²) < 4.78 is 10.2. The van der Waals surface area contributed by atoms with Crippen LogP contribution in [0.2, 0.25) is 0 Å². The molecule has 2 aliphatic rings. The average Bonchev–Trinajstić information content (AvgIpc) is 3.47. The third-order valence-corrected chi connectivity index (χ3v) is 5.54. The van der Waals surface area contributed by atoms with Crippen LogP contribution in [0.1, 0.15) is 11.3 Å². The summed E-state index contributed by atoms with van der Waals surface area (Å²) in [6.07, 6.45) is 4.37. The Kier molecular flexibility index (Phi) is 6.76. The standard InChI is InChI=1S/C22H23N7O6/c1-27-19-18(20(30)25-22(27)31)28(13-11-14-5-7-15(34-2)8-6-14)21(24-19)26-23-12-3-4-16-9-10-17(35-16)29(32)33/h3-10,12,18-19H,11,13H2,1-2H3,(H,24,26)(H,25,30,31)/b4-3+,23-12+. The highest BCUT2D eigenvalue weighted by Gasteiger charge is 2.48. The van der Waals surface area contributed by atoms with E-state index in [9.17, 15) is 19.7 Å². The summed E-state index contributed by atoms with van der Waals surface area (Å²) in [5.74, 6) is 0.592. The molecule has 2 N–H and O–H groups in total. The second-order valence-corrected chi connectivity index (χ2v) is 7.69. The first-order valence-electron chi connectivity index (χ1n) is 10.6. The number of urea groups is 1. The van der Waals surface area contributed by atoms with E-state index in [-0.39, 0.29) is 5.88 Å². The fourth-order valence-electron chi connectivity index (χ4n) is 3.71. The van der Waals surface area contributed by atoms with Gasteiger partial charge in [-0.05, 0) is 42.3 Å². The minimum Gasteiger partial charge on any atom is -0.497 e. The molecule has 13 nitrogen and oxygen atoms in total. The molecular formula is C22H23N7O6. The van der Waals surface area contributed by atoms with E-state index in [2.05, 4.69) is 20.8 Å². The van der Waals surface area contributed by atoms with E-state index >= 15 is 0 Å². The lowest BCUT2D eigenvalue weighted by Gasteiger charge is -2.36. The number of nitro groups is 1. The van der Waals surface area contributed by atoms with Gasteiger partial charge in [0.15, 0.2) is 12.2 Å². The number of methoxy groups -OCH3 is 1. The first kappa shape index (κ1) is 23.5. The number of fused-ring (bicyclic) bond motifs is 1. The lowest BCUT2D eigenvalue weighted by Crippen LogP contribution is -2.64. The van der Waals surface area contributed by atoms with E-state index in [1.807, 2.05) is 24.3 Å². The molecule has 0 saturated carbocycles. The van der Waals surface area contributed by atoms with Gasteiger partial charge in [0.25, 0.3) is 5.91 Å². The van der Waals surface area contributed by atoms with Crippen molar-refractivity contribution in [3.63, 3.8) is 0 Å². The quantitative estimate of drug-likeness (QED) is 0.327. The average molecular weight is 481 g/mol. The fourth-order valence-corrected chi connectivity index (χ4v) is 3.71. The van der Waals surface area contributed by atoms with E-state index in [1.54, 1.807) is 19.1 Å². The summed E-state index contributed by atoms with van der Waals surface area (Å²) in [5.41, 5.74) is 3.86. The number of benzene rings is 1. The topological polar surface area (TPSA) is 155 Å². The molecule has 0 spiro atoms. The second-order valence-electron chi connectivity index (χ2n) is 7.69. The number of nitrogens with zero attached hydrogens (tertiary/aromatic N) is 5. The number of imide groups is 1. The number of nitrogens with one attached hydrogen (secondary N) is 2. The second kappa shape index (κ2) is 10.1. The smallest absolute Gasteiger partial charge is 0.433 e. The number of hydrazone groups is 1. The Hall–Kier alpha value is -4.68. The van der Waals surface area contributed by atoms with Crippen LogP contribution in [-0.2, 0) is 11.2 Å². The zero-order valence-corrected chi connectivity index (χ0v) is 19.0. The third kappa shape index (κ3) is 5.13. The Balaban J connectivity index is 1.46. The van der Waals surface area contributed by atoms with E-state index in [0.717, 1.165) is 11.3 Å². The predicted molar refractivity (Wildman–Crippen MR) is 126 cm³/mol. The number of likely N-dealkylation sites (N-methyl/N-ethyl adjacent to an activating group) is 1. The maximum atomic E-state index is 12.6. The third-order valence-electron chi connectivity index (χ3n) is 5.54. The van der Waals surface area contributed by atoms with Crippen LogP contribution >= 0.6 is 0 Å². The molecule has 1 saturated heterocycles. The summed E-state index contributed by atoms with van der Waals surface area (Å²) in [6.45, 7) is 0.441. The number of aliphatic imine (C=N–C) groups is 1. The van der Waals surface area contributed by atoms with Gasteiger partial charge in [0.2, 0.25) is 5.96 Å². The lowest BCUT2D eigenvalue weighted by atomic mass is 10.1. The van der Waals surface area contributed by atoms with Crippen molar-refractivity contribution in [3.05, 3.63) is 63.9 Å². The molecule has 0 radical (unpaired) electrons.